The Balaban J connectivity index is 2.95. The average molecular weight is 208 g/mol. The van der Waals surface area contributed by atoms with Crippen molar-refractivity contribution in [3.05, 3.63) is 30.1 Å². The maximum Gasteiger partial charge on any atom is 0.305 e. The maximum absolute atomic E-state index is 10.8. The predicted octanol–water partition coefficient (Wildman–Crippen LogP) is 1.38. The first-order valence-corrected chi connectivity index (χ1v) is 4.96. The molecule has 0 aliphatic rings. The highest BCUT2D eigenvalue weighted by Crippen LogP contribution is 2.23. The minimum Gasteiger partial charge on any atom is -0.481 e. The van der Waals surface area contributed by atoms with Crippen LogP contribution in [0.25, 0.3) is 0 Å². The van der Waals surface area contributed by atoms with E-state index in [0.29, 0.717) is 0 Å². The highest BCUT2D eigenvalue weighted by molar-refractivity contribution is 5.68. The van der Waals surface area contributed by atoms with Crippen LogP contribution in [0, 0.1) is 0 Å². The average Bonchev–Trinajstić information content (AvgIpc) is 2.18. The molecule has 1 atom stereocenters. The van der Waals surface area contributed by atoms with E-state index in [0.717, 1.165) is 12.1 Å². The standard InChI is InChI=1S/C11H16N2O2/c1-3-13-11(2,7-10(14)15)9-5-4-6-12-8-9/h4-6,8,13H,3,7H2,1-2H3,(H,14,15). The Morgan fingerprint density at radius 1 is 1.67 bits per heavy atom. The van der Waals surface area contributed by atoms with E-state index in [4.69, 9.17) is 5.11 Å². The second-order valence-corrected chi connectivity index (χ2v) is 3.67. The van der Waals surface area contributed by atoms with Gasteiger partial charge in [-0.05, 0) is 25.1 Å². The lowest BCUT2D eigenvalue weighted by Gasteiger charge is -2.29. The van der Waals surface area contributed by atoms with Crippen LogP contribution < -0.4 is 5.32 Å². The normalized spacial score (nSPS) is 14.5. The Bertz CT molecular complexity index is 327. The molecule has 15 heavy (non-hydrogen) atoms. The summed E-state index contributed by atoms with van der Waals surface area (Å²) >= 11 is 0. The number of aliphatic carboxylic acids is 1. The molecule has 0 amide bonds. The Labute approximate surface area is 89.3 Å². The molecule has 0 fully saturated rings. The fourth-order valence-corrected chi connectivity index (χ4v) is 1.65. The first-order chi connectivity index (χ1) is 7.08. The van der Waals surface area contributed by atoms with Crippen LogP contribution in [-0.2, 0) is 10.3 Å². The number of nitrogens with one attached hydrogen (secondary N) is 1. The topological polar surface area (TPSA) is 62.2 Å². The van der Waals surface area contributed by atoms with Gasteiger partial charge in [-0.3, -0.25) is 9.78 Å². The van der Waals surface area contributed by atoms with Crippen molar-refractivity contribution in [2.75, 3.05) is 6.54 Å². The summed E-state index contributed by atoms with van der Waals surface area (Å²) in [6, 6.07) is 3.70. The number of aromatic nitrogens is 1. The number of rotatable bonds is 5. The monoisotopic (exact) mass is 208 g/mol. The van der Waals surface area contributed by atoms with E-state index in [1.54, 1.807) is 12.4 Å². The van der Waals surface area contributed by atoms with Crippen LogP contribution in [0.15, 0.2) is 24.5 Å². The highest BCUT2D eigenvalue weighted by atomic mass is 16.4. The first-order valence-electron chi connectivity index (χ1n) is 4.96. The molecule has 4 heteroatoms. The zero-order valence-corrected chi connectivity index (χ0v) is 9.03. The molecule has 1 aromatic rings. The Kier molecular flexibility index (Phi) is 3.80. The van der Waals surface area contributed by atoms with Gasteiger partial charge in [-0.15, -0.1) is 0 Å². The lowest BCUT2D eigenvalue weighted by molar-refractivity contribution is -0.138. The molecule has 0 bridgehead atoms. The van der Waals surface area contributed by atoms with Gasteiger partial charge in [0.15, 0.2) is 0 Å². The number of nitrogens with zero attached hydrogens (tertiary/aromatic N) is 1. The molecule has 1 unspecified atom stereocenters. The molecule has 0 spiro atoms. The van der Waals surface area contributed by atoms with Gasteiger partial charge >= 0.3 is 5.97 Å². The lowest BCUT2D eigenvalue weighted by atomic mass is 9.90. The van der Waals surface area contributed by atoms with E-state index in [1.807, 2.05) is 26.0 Å². The molecule has 2 N–H and O–H groups in total. The van der Waals surface area contributed by atoms with Crippen molar-refractivity contribution in [1.82, 2.24) is 10.3 Å². The van der Waals surface area contributed by atoms with E-state index < -0.39 is 11.5 Å². The summed E-state index contributed by atoms with van der Waals surface area (Å²) in [7, 11) is 0. The van der Waals surface area contributed by atoms with E-state index in [-0.39, 0.29) is 6.42 Å². The van der Waals surface area contributed by atoms with Gasteiger partial charge in [-0.25, -0.2) is 0 Å². The third kappa shape index (κ3) is 3.02. The molecule has 0 radical (unpaired) electrons. The summed E-state index contributed by atoms with van der Waals surface area (Å²) < 4.78 is 0. The van der Waals surface area contributed by atoms with Gasteiger partial charge in [0.1, 0.15) is 0 Å². The van der Waals surface area contributed by atoms with Crippen LogP contribution in [0.1, 0.15) is 25.8 Å². The molecule has 1 rings (SSSR count). The second-order valence-electron chi connectivity index (χ2n) is 3.67. The lowest BCUT2D eigenvalue weighted by Crippen LogP contribution is -2.41. The summed E-state index contributed by atoms with van der Waals surface area (Å²) in [5.41, 5.74) is 0.351. The predicted molar refractivity (Wildman–Crippen MR) is 57.5 cm³/mol. The van der Waals surface area contributed by atoms with E-state index in [9.17, 15) is 4.79 Å². The van der Waals surface area contributed by atoms with Gasteiger partial charge in [0, 0.05) is 12.4 Å². The molecule has 0 aromatic carbocycles. The van der Waals surface area contributed by atoms with Crippen LogP contribution in [0.5, 0.6) is 0 Å². The van der Waals surface area contributed by atoms with Gasteiger partial charge in [-0.2, -0.15) is 0 Å². The molecule has 0 saturated carbocycles. The van der Waals surface area contributed by atoms with Crippen molar-refractivity contribution < 1.29 is 9.90 Å². The van der Waals surface area contributed by atoms with Crippen LogP contribution >= 0.6 is 0 Å². The Hall–Kier alpha value is -1.42. The van der Waals surface area contributed by atoms with Crippen molar-refractivity contribution in [3.63, 3.8) is 0 Å². The van der Waals surface area contributed by atoms with Crippen molar-refractivity contribution in [2.45, 2.75) is 25.8 Å². The molecule has 4 nitrogen and oxygen atoms in total. The molecular weight excluding hydrogens is 192 g/mol. The fraction of sp³-hybridized carbons (Fsp3) is 0.455. The van der Waals surface area contributed by atoms with Gasteiger partial charge in [0.25, 0.3) is 0 Å². The fourth-order valence-electron chi connectivity index (χ4n) is 1.65. The molecule has 0 aliphatic carbocycles. The quantitative estimate of drug-likeness (QED) is 0.767. The number of hydrogen-bond acceptors (Lipinski definition) is 3. The first kappa shape index (κ1) is 11.7. The van der Waals surface area contributed by atoms with Gasteiger partial charge in [0.2, 0.25) is 0 Å². The van der Waals surface area contributed by atoms with E-state index >= 15 is 0 Å². The summed E-state index contributed by atoms with van der Waals surface area (Å²) in [6.45, 7) is 4.55. The number of carboxylic acids is 1. The van der Waals surface area contributed by atoms with Crippen LogP contribution in [-0.4, -0.2) is 22.6 Å². The summed E-state index contributed by atoms with van der Waals surface area (Å²) in [5.74, 6) is -0.817. The van der Waals surface area contributed by atoms with Crippen LogP contribution in [0.3, 0.4) is 0 Å². The number of carboxylic acid groups (broad SMARTS) is 1. The largest absolute Gasteiger partial charge is 0.481 e. The minimum absolute atomic E-state index is 0.0481. The maximum atomic E-state index is 10.8. The van der Waals surface area contributed by atoms with Gasteiger partial charge in [0.05, 0.1) is 12.0 Å². The molecule has 0 saturated heterocycles. The van der Waals surface area contributed by atoms with Crippen molar-refractivity contribution in [2.24, 2.45) is 0 Å². The van der Waals surface area contributed by atoms with E-state index in [1.165, 1.54) is 0 Å². The number of hydrogen-bond donors (Lipinski definition) is 2. The van der Waals surface area contributed by atoms with Crippen LogP contribution in [0.4, 0.5) is 0 Å². The van der Waals surface area contributed by atoms with Crippen molar-refractivity contribution in [3.8, 4) is 0 Å². The minimum atomic E-state index is -0.817. The van der Waals surface area contributed by atoms with Crippen molar-refractivity contribution >= 4 is 5.97 Å². The highest BCUT2D eigenvalue weighted by Gasteiger charge is 2.28. The van der Waals surface area contributed by atoms with E-state index in [2.05, 4.69) is 10.3 Å². The Morgan fingerprint density at radius 3 is 2.87 bits per heavy atom. The van der Waals surface area contributed by atoms with Crippen LogP contribution in [0.2, 0.25) is 0 Å². The zero-order valence-electron chi connectivity index (χ0n) is 9.03. The summed E-state index contributed by atoms with van der Waals surface area (Å²) in [5, 5.41) is 12.1. The molecule has 1 aromatic heterocycles. The third-order valence-corrected chi connectivity index (χ3v) is 2.37. The molecule has 82 valence electrons. The molecule has 0 aliphatic heterocycles. The number of pyridine rings is 1. The molecule has 1 heterocycles. The molecular formula is C11H16N2O2. The Morgan fingerprint density at radius 2 is 2.40 bits per heavy atom. The SMILES string of the molecule is CCNC(C)(CC(=O)O)c1cccnc1. The summed E-state index contributed by atoms with van der Waals surface area (Å²) in [6.07, 6.45) is 3.43. The zero-order chi connectivity index (χ0) is 11.3. The summed E-state index contributed by atoms with van der Waals surface area (Å²) in [4.78, 5) is 14.8. The second kappa shape index (κ2) is 4.89. The number of carbonyl (C=O) groups is 1. The van der Waals surface area contributed by atoms with Gasteiger partial charge in [-0.1, -0.05) is 13.0 Å². The van der Waals surface area contributed by atoms with Crippen molar-refractivity contribution in [1.29, 1.82) is 0 Å². The van der Waals surface area contributed by atoms with Gasteiger partial charge < -0.3 is 10.4 Å². The smallest absolute Gasteiger partial charge is 0.305 e. The third-order valence-electron chi connectivity index (χ3n) is 2.37.